The average molecular weight is 262 g/mol. The number of nitrogen functional groups attached to an aromatic ring is 1. The van der Waals surface area contributed by atoms with Crippen LogP contribution < -0.4 is 15.2 Å². The molecule has 0 bridgehead atoms. The minimum atomic E-state index is 0.370. The summed E-state index contributed by atoms with van der Waals surface area (Å²) in [5, 5.41) is 0. The summed E-state index contributed by atoms with van der Waals surface area (Å²) in [4.78, 5) is 5.23. The first kappa shape index (κ1) is 12.6. The molecule has 2 aromatic rings. The fourth-order valence-electron chi connectivity index (χ4n) is 1.47. The lowest BCUT2D eigenvalue weighted by atomic mass is 10.3. The van der Waals surface area contributed by atoms with Gasteiger partial charge in [-0.05, 0) is 24.5 Å². The number of pyridine rings is 1. The predicted molar refractivity (Wildman–Crippen MR) is 73.5 cm³/mol. The standard InChI is InChI=1S/C13H14N2O2S/c1-16-13-9(14)7-8-12(15-13)17-10-5-3-4-6-11(10)18-2/h3-8H,14H2,1-2H3. The van der Waals surface area contributed by atoms with Gasteiger partial charge in [0.25, 0.3) is 0 Å². The van der Waals surface area contributed by atoms with Gasteiger partial charge >= 0.3 is 0 Å². The molecule has 0 aliphatic carbocycles. The van der Waals surface area contributed by atoms with E-state index in [4.69, 9.17) is 15.2 Å². The minimum absolute atomic E-state index is 0.370. The van der Waals surface area contributed by atoms with Crippen LogP contribution in [0, 0.1) is 0 Å². The van der Waals surface area contributed by atoms with Crippen molar-refractivity contribution in [2.45, 2.75) is 4.90 Å². The van der Waals surface area contributed by atoms with Crippen LogP contribution in [0.25, 0.3) is 0 Å². The summed E-state index contributed by atoms with van der Waals surface area (Å²) in [5.74, 6) is 1.60. The fraction of sp³-hybridized carbons (Fsp3) is 0.154. The van der Waals surface area contributed by atoms with Gasteiger partial charge in [0.05, 0.1) is 12.8 Å². The van der Waals surface area contributed by atoms with Gasteiger partial charge in [0.15, 0.2) is 0 Å². The summed E-state index contributed by atoms with van der Waals surface area (Å²) in [5.41, 5.74) is 6.19. The van der Waals surface area contributed by atoms with E-state index in [9.17, 15) is 0 Å². The Morgan fingerprint density at radius 1 is 1.17 bits per heavy atom. The van der Waals surface area contributed by atoms with Crippen LogP contribution in [-0.2, 0) is 0 Å². The third-order valence-electron chi connectivity index (χ3n) is 2.34. The van der Waals surface area contributed by atoms with Crippen molar-refractivity contribution >= 4 is 17.4 Å². The molecule has 0 radical (unpaired) electrons. The topological polar surface area (TPSA) is 57.4 Å². The molecule has 1 aromatic heterocycles. The Bertz CT molecular complexity index is 546. The molecule has 0 atom stereocenters. The number of aromatic nitrogens is 1. The van der Waals surface area contributed by atoms with E-state index in [-0.39, 0.29) is 0 Å². The number of benzene rings is 1. The van der Waals surface area contributed by atoms with E-state index >= 15 is 0 Å². The van der Waals surface area contributed by atoms with Crippen molar-refractivity contribution in [1.29, 1.82) is 0 Å². The fourth-order valence-corrected chi connectivity index (χ4v) is 2.00. The first-order chi connectivity index (χ1) is 8.74. The van der Waals surface area contributed by atoms with Crippen molar-refractivity contribution in [2.75, 3.05) is 19.1 Å². The van der Waals surface area contributed by atoms with Crippen LogP contribution in [0.15, 0.2) is 41.3 Å². The van der Waals surface area contributed by atoms with Crippen molar-refractivity contribution in [1.82, 2.24) is 4.98 Å². The number of ether oxygens (including phenoxy) is 2. The Morgan fingerprint density at radius 3 is 2.67 bits per heavy atom. The summed E-state index contributed by atoms with van der Waals surface area (Å²) in [6.45, 7) is 0. The summed E-state index contributed by atoms with van der Waals surface area (Å²) in [6.07, 6.45) is 2.00. The lowest BCUT2D eigenvalue weighted by molar-refractivity contribution is 0.384. The second kappa shape index (κ2) is 5.64. The van der Waals surface area contributed by atoms with Gasteiger partial charge in [0, 0.05) is 11.0 Å². The molecule has 2 N–H and O–H groups in total. The maximum absolute atomic E-state index is 5.73. The lowest BCUT2D eigenvalue weighted by Gasteiger charge is -2.10. The highest BCUT2D eigenvalue weighted by atomic mass is 32.2. The summed E-state index contributed by atoms with van der Waals surface area (Å²) in [6, 6.07) is 11.2. The molecule has 4 nitrogen and oxygen atoms in total. The van der Waals surface area contributed by atoms with Gasteiger partial charge in [-0.3, -0.25) is 0 Å². The SMILES string of the molecule is COc1nc(Oc2ccccc2SC)ccc1N. The molecular weight excluding hydrogens is 248 g/mol. The van der Waals surface area contributed by atoms with Crippen molar-refractivity contribution in [2.24, 2.45) is 0 Å². The normalized spacial score (nSPS) is 10.1. The highest BCUT2D eigenvalue weighted by Gasteiger charge is 2.07. The number of hydrogen-bond acceptors (Lipinski definition) is 5. The molecule has 0 saturated heterocycles. The number of thioether (sulfide) groups is 1. The highest BCUT2D eigenvalue weighted by molar-refractivity contribution is 7.98. The summed E-state index contributed by atoms with van der Waals surface area (Å²) < 4.78 is 10.8. The van der Waals surface area contributed by atoms with Crippen molar-refractivity contribution in [3.8, 4) is 17.5 Å². The summed E-state index contributed by atoms with van der Waals surface area (Å²) >= 11 is 1.62. The monoisotopic (exact) mass is 262 g/mol. The van der Waals surface area contributed by atoms with E-state index in [0.29, 0.717) is 17.4 Å². The zero-order valence-corrected chi connectivity index (χ0v) is 11.0. The number of anilines is 1. The lowest BCUT2D eigenvalue weighted by Crippen LogP contribution is -1.97. The van der Waals surface area contributed by atoms with Crippen LogP contribution in [0.1, 0.15) is 0 Å². The largest absolute Gasteiger partial charge is 0.479 e. The molecule has 0 saturated carbocycles. The summed E-state index contributed by atoms with van der Waals surface area (Å²) in [7, 11) is 1.53. The van der Waals surface area contributed by atoms with Crippen LogP contribution in [-0.4, -0.2) is 18.3 Å². The Labute approximate surface area is 110 Å². The number of rotatable bonds is 4. The molecule has 0 spiro atoms. The second-order valence-electron chi connectivity index (χ2n) is 3.50. The van der Waals surface area contributed by atoms with Gasteiger partial charge in [0.1, 0.15) is 5.75 Å². The van der Waals surface area contributed by atoms with Crippen molar-refractivity contribution < 1.29 is 9.47 Å². The van der Waals surface area contributed by atoms with E-state index in [1.165, 1.54) is 7.11 Å². The molecule has 0 amide bonds. The van der Waals surface area contributed by atoms with Gasteiger partial charge in [0.2, 0.25) is 11.8 Å². The van der Waals surface area contributed by atoms with E-state index in [1.54, 1.807) is 23.9 Å². The second-order valence-corrected chi connectivity index (χ2v) is 4.35. The van der Waals surface area contributed by atoms with E-state index in [2.05, 4.69) is 4.98 Å². The number of nitrogens with zero attached hydrogens (tertiary/aromatic N) is 1. The van der Waals surface area contributed by atoms with Crippen LogP contribution in [0.4, 0.5) is 5.69 Å². The molecule has 0 fully saturated rings. The van der Waals surface area contributed by atoms with Crippen molar-refractivity contribution in [3.05, 3.63) is 36.4 Å². The number of methoxy groups -OCH3 is 1. The van der Waals surface area contributed by atoms with Crippen molar-refractivity contribution in [3.63, 3.8) is 0 Å². The molecule has 1 heterocycles. The Hall–Kier alpha value is -1.88. The van der Waals surface area contributed by atoms with E-state index < -0.39 is 0 Å². The first-order valence-corrected chi connectivity index (χ1v) is 6.58. The number of nitrogens with two attached hydrogens (primary N) is 1. The molecule has 1 aromatic carbocycles. The van der Waals surface area contributed by atoms with Gasteiger partial charge in [-0.25, -0.2) is 0 Å². The third kappa shape index (κ3) is 2.68. The molecule has 94 valence electrons. The van der Waals surface area contributed by atoms with Crippen LogP contribution in [0.2, 0.25) is 0 Å². The Kier molecular flexibility index (Phi) is 3.94. The minimum Gasteiger partial charge on any atom is -0.479 e. The molecule has 18 heavy (non-hydrogen) atoms. The smallest absolute Gasteiger partial charge is 0.240 e. The molecule has 5 heteroatoms. The van der Waals surface area contributed by atoms with E-state index in [1.807, 2.05) is 30.5 Å². The molecule has 0 aliphatic rings. The zero-order valence-electron chi connectivity index (χ0n) is 10.2. The van der Waals surface area contributed by atoms with Gasteiger partial charge in [-0.15, -0.1) is 11.8 Å². The van der Waals surface area contributed by atoms with Gasteiger partial charge in [-0.1, -0.05) is 12.1 Å². The average Bonchev–Trinajstić information content (AvgIpc) is 2.41. The third-order valence-corrected chi connectivity index (χ3v) is 3.12. The first-order valence-electron chi connectivity index (χ1n) is 5.36. The van der Waals surface area contributed by atoms with Gasteiger partial charge in [-0.2, -0.15) is 4.98 Å². The quantitative estimate of drug-likeness (QED) is 0.857. The van der Waals surface area contributed by atoms with Gasteiger partial charge < -0.3 is 15.2 Å². The molecular formula is C13H14N2O2S. The maximum Gasteiger partial charge on any atom is 0.240 e. The number of para-hydroxylation sites is 1. The molecule has 2 rings (SSSR count). The predicted octanol–water partition coefficient (Wildman–Crippen LogP) is 3.19. The Morgan fingerprint density at radius 2 is 1.94 bits per heavy atom. The highest BCUT2D eigenvalue weighted by Crippen LogP contribution is 2.31. The molecule has 0 unspecified atom stereocenters. The van der Waals surface area contributed by atoms with Crippen LogP contribution >= 0.6 is 11.8 Å². The number of hydrogen-bond donors (Lipinski definition) is 1. The van der Waals surface area contributed by atoms with Crippen LogP contribution in [0.5, 0.6) is 17.5 Å². The molecule has 0 aliphatic heterocycles. The maximum atomic E-state index is 5.73. The zero-order chi connectivity index (χ0) is 13.0. The van der Waals surface area contributed by atoms with E-state index in [0.717, 1.165) is 10.6 Å². The Balaban J connectivity index is 2.28. The van der Waals surface area contributed by atoms with Crippen LogP contribution in [0.3, 0.4) is 0 Å².